The summed E-state index contributed by atoms with van der Waals surface area (Å²) < 4.78 is 7.33. The molecule has 0 N–H and O–H groups in total. The minimum Gasteiger partial charge on any atom is -0.341 e. The van der Waals surface area contributed by atoms with Gasteiger partial charge in [0.25, 0.3) is 0 Å². The van der Waals surface area contributed by atoms with Crippen LogP contribution in [0.15, 0.2) is 10.9 Å². The smallest absolute Gasteiger partial charge is 0.166 e. The van der Waals surface area contributed by atoms with Gasteiger partial charge in [0, 0.05) is 27.1 Å². The molecule has 0 aliphatic carbocycles. The summed E-state index contributed by atoms with van der Waals surface area (Å²) in [5, 5.41) is 15.8. The zero-order chi connectivity index (χ0) is 20.6. The summed E-state index contributed by atoms with van der Waals surface area (Å²) in [5.74, 6) is 1.93. The van der Waals surface area contributed by atoms with Crippen LogP contribution in [0.1, 0.15) is 100 Å². The average molecular weight is 364 g/mol. The van der Waals surface area contributed by atoms with Gasteiger partial charge >= 0.3 is 0 Å². The van der Waals surface area contributed by atoms with Crippen molar-refractivity contribution < 1.29 is 4.52 Å². The molecule has 0 saturated heterocycles. The quantitative estimate of drug-likeness (QED) is 0.659. The minimum atomic E-state index is -0.0217. The van der Waals surface area contributed by atoms with E-state index >= 15 is 0 Å². The molecule has 6 heteroatoms. The number of nitrogens with zero attached hydrogens (tertiary/aromatic N) is 5. The van der Waals surface area contributed by atoms with Crippen molar-refractivity contribution in [3.05, 3.63) is 23.6 Å². The molecular weight excluding hydrogens is 326 g/mol. The van der Waals surface area contributed by atoms with E-state index < -0.39 is 0 Å². The van der Waals surface area contributed by atoms with E-state index in [2.05, 4.69) is 108 Å². The lowest BCUT2D eigenvalue weighted by Gasteiger charge is -2.27. The highest BCUT2D eigenvalue weighted by Gasteiger charge is 2.31. The zero-order valence-corrected chi connectivity index (χ0v) is 18.7. The van der Waals surface area contributed by atoms with E-state index in [-0.39, 0.29) is 21.8 Å². The molecule has 0 bridgehead atoms. The summed E-state index contributed by atoms with van der Waals surface area (Å²) in [4.78, 5) is 0. The lowest BCUT2D eigenvalue weighted by Crippen LogP contribution is -2.29. The van der Waals surface area contributed by atoms with Gasteiger partial charge < -0.3 is 9.09 Å². The molecule has 148 valence electrons. The van der Waals surface area contributed by atoms with Crippen molar-refractivity contribution in [1.82, 2.24) is 25.1 Å². The number of aromatic nitrogens is 5. The molecule has 0 fully saturated rings. The molecular formula is C20H37N5O. The highest BCUT2D eigenvalue weighted by Crippen LogP contribution is 2.31. The Morgan fingerprint density at radius 1 is 0.731 bits per heavy atom. The summed E-state index contributed by atoms with van der Waals surface area (Å²) in [5.41, 5.74) is 1.06. The third-order valence-electron chi connectivity index (χ3n) is 3.82. The molecule has 0 amide bonds. The maximum atomic E-state index is 5.19. The fraction of sp³-hybridized carbons (Fsp3) is 0.800. The van der Waals surface area contributed by atoms with Crippen LogP contribution in [0, 0.1) is 0 Å². The molecule has 0 radical (unpaired) electrons. The second-order valence-electron chi connectivity index (χ2n) is 10.9. The van der Waals surface area contributed by atoms with Gasteiger partial charge in [-0.2, -0.15) is 0 Å². The first-order valence-corrected chi connectivity index (χ1v) is 9.20. The Kier molecular flexibility index (Phi) is 6.11. The third kappa shape index (κ3) is 5.64. The summed E-state index contributed by atoms with van der Waals surface area (Å²) in [6.45, 7) is 25.6. The highest BCUT2D eigenvalue weighted by molar-refractivity contribution is 5.21. The average Bonchev–Trinajstić information content (AvgIpc) is 3.06. The van der Waals surface area contributed by atoms with Gasteiger partial charge in [0.2, 0.25) is 0 Å². The van der Waals surface area contributed by atoms with Gasteiger partial charge in [-0.05, 0) is 20.8 Å². The van der Waals surface area contributed by atoms with Crippen LogP contribution in [0.3, 0.4) is 0 Å². The largest absolute Gasteiger partial charge is 0.341 e. The predicted molar refractivity (Wildman–Crippen MR) is 105 cm³/mol. The van der Waals surface area contributed by atoms with E-state index in [0.717, 1.165) is 17.3 Å². The van der Waals surface area contributed by atoms with E-state index in [1.807, 2.05) is 0 Å². The number of hydrogen-bond donors (Lipinski definition) is 0. The summed E-state index contributed by atoms with van der Waals surface area (Å²) in [6.07, 6.45) is 1.81. The second kappa shape index (κ2) is 7.12. The molecule has 0 saturated carbocycles. The van der Waals surface area contributed by atoms with Crippen molar-refractivity contribution >= 4 is 0 Å². The molecule has 0 unspecified atom stereocenters. The van der Waals surface area contributed by atoms with Gasteiger partial charge in [-0.1, -0.05) is 62.3 Å². The van der Waals surface area contributed by atoms with Crippen LogP contribution in [0.25, 0.3) is 0 Å². The molecule has 2 aromatic heterocycles. The van der Waals surface area contributed by atoms with Crippen molar-refractivity contribution in [3.63, 3.8) is 0 Å². The van der Waals surface area contributed by atoms with Crippen LogP contribution < -0.4 is 0 Å². The van der Waals surface area contributed by atoms with Crippen molar-refractivity contribution in [2.45, 2.75) is 105 Å². The van der Waals surface area contributed by atoms with Crippen molar-refractivity contribution in [1.29, 1.82) is 0 Å². The standard InChI is InChI=1S/C10H19N3.C10H18N2O/c1-9(2,3)8-12-11-7-13(8)10(4,5)6;1-9(2,3)7-8(10(4,5)6)13-12-11-7/h7H,1-6H3;1-6H3. The Morgan fingerprint density at radius 2 is 1.27 bits per heavy atom. The molecule has 0 aromatic carbocycles. The lowest BCUT2D eigenvalue weighted by atomic mass is 9.83. The Morgan fingerprint density at radius 3 is 1.58 bits per heavy atom. The van der Waals surface area contributed by atoms with Crippen molar-refractivity contribution in [2.24, 2.45) is 0 Å². The van der Waals surface area contributed by atoms with Crippen LogP contribution in [-0.4, -0.2) is 25.1 Å². The Hall–Kier alpha value is -1.72. The molecule has 2 heterocycles. The molecule has 0 aliphatic rings. The summed E-state index contributed by atoms with van der Waals surface area (Å²) in [6, 6.07) is 0. The molecule has 2 aromatic rings. The number of rotatable bonds is 0. The van der Waals surface area contributed by atoms with Crippen LogP contribution in [0.2, 0.25) is 0 Å². The zero-order valence-electron chi connectivity index (χ0n) is 18.7. The number of hydrogen-bond acceptors (Lipinski definition) is 5. The first-order chi connectivity index (χ1) is 11.5. The SMILES string of the molecule is CC(C)(C)c1nncn1C(C)(C)C.CC(C)(C)c1nnoc1C(C)(C)C. The Balaban J connectivity index is 0.000000260. The molecule has 6 nitrogen and oxygen atoms in total. The fourth-order valence-corrected chi connectivity index (χ4v) is 2.41. The van der Waals surface area contributed by atoms with E-state index in [1.54, 1.807) is 6.33 Å². The highest BCUT2D eigenvalue weighted by atomic mass is 16.5. The molecule has 26 heavy (non-hydrogen) atoms. The first kappa shape index (κ1) is 22.3. The van der Waals surface area contributed by atoms with Crippen LogP contribution >= 0.6 is 0 Å². The molecule has 0 spiro atoms. The normalized spacial score (nSPS) is 13.4. The third-order valence-corrected chi connectivity index (χ3v) is 3.82. The molecule has 0 atom stereocenters. The molecule has 2 rings (SSSR count). The van der Waals surface area contributed by atoms with Gasteiger partial charge in [-0.3, -0.25) is 0 Å². The van der Waals surface area contributed by atoms with E-state index in [0.29, 0.717) is 0 Å². The fourth-order valence-electron chi connectivity index (χ4n) is 2.41. The Labute approximate surface area is 158 Å². The van der Waals surface area contributed by atoms with Crippen LogP contribution in [0.4, 0.5) is 0 Å². The maximum absolute atomic E-state index is 5.19. The van der Waals surface area contributed by atoms with Gasteiger partial charge in [-0.25, -0.2) is 0 Å². The van der Waals surface area contributed by atoms with E-state index in [9.17, 15) is 0 Å². The van der Waals surface area contributed by atoms with Gasteiger partial charge in [0.05, 0.1) is 0 Å². The minimum absolute atomic E-state index is 0.00259. The van der Waals surface area contributed by atoms with Gasteiger partial charge in [-0.15, -0.1) is 15.3 Å². The summed E-state index contributed by atoms with van der Waals surface area (Å²) >= 11 is 0. The first-order valence-electron chi connectivity index (χ1n) is 9.20. The van der Waals surface area contributed by atoms with Crippen LogP contribution in [-0.2, 0) is 21.8 Å². The van der Waals surface area contributed by atoms with Gasteiger partial charge in [0.1, 0.15) is 17.8 Å². The lowest BCUT2D eigenvalue weighted by molar-refractivity contribution is 0.313. The predicted octanol–water partition coefficient (Wildman–Crippen LogP) is 5.00. The topological polar surface area (TPSA) is 69.6 Å². The monoisotopic (exact) mass is 363 g/mol. The maximum Gasteiger partial charge on any atom is 0.166 e. The van der Waals surface area contributed by atoms with Gasteiger partial charge in [0.15, 0.2) is 5.76 Å². The summed E-state index contributed by atoms with van der Waals surface area (Å²) in [7, 11) is 0. The molecule has 0 aliphatic heterocycles. The second-order valence-corrected chi connectivity index (χ2v) is 10.9. The van der Waals surface area contributed by atoms with Crippen LogP contribution in [0.5, 0.6) is 0 Å². The van der Waals surface area contributed by atoms with E-state index in [1.165, 1.54) is 0 Å². The van der Waals surface area contributed by atoms with Crippen molar-refractivity contribution in [3.8, 4) is 0 Å². The Bertz CT molecular complexity index is 581. The van der Waals surface area contributed by atoms with Crippen molar-refractivity contribution in [2.75, 3.05) is 0 Å². The van der Waals surface area contributed by atoms with E-state index in [4.69, 9.17) is 4.52 Å².